The molecule has 0 radical (unpaired) electrons. The number of rotatable bonds is 2. The van der Waals surface area contributed by atoms with Gasteiger partial charge in [0.25, 0.3) is 0 Å². The van der Waals surface area contributed by atoms with Crippen LogP contribution in [0, 0.1) is 0 Å². The summed E-state index contributed by atoms with van der Waals surface area (Å²) in [5, 5.41) is 10.1. The first kappa shape index (κ1) is 11.9. The van der Waals surface area contributed by atoms with Crippen LogP contribution in [0.5, 0.6) is 0 Å². The van der Waals surface area contributed by atoms with Crippen LogP contribution in [0.3, 0.4) is 0 Å². The van der Waals surface area contributed by atoms with Gasteiger partial charge in [-0.3, -0.25) is 0 Å². The first-order valence-corrected chi connectivity index (χ1v) is 7.15. The van der Waals surface area contributed by atoms with Gasteiger partial charge < -0.3 is 9.52 Å². The second-order valence-corrected chi connectivity index (χ2v) is 6.80. The van der Waals surface area contributed by atoms with Crippen LogP contribution in [0.1, 0.15) is 16.5 Å². The van der Waals surface area contributed by atoms with Crippen molar-refractivity contribution in [3.05, 3.63) is 41.8 Å². The van der Waals surface area contributed by atoms with Gasteiger partial charge in [-0.25, -0.2) is 0 Å². The van der Waals surface area contributed by atoms with Crippen molar-refractivity contribution in [1.82, 2.24) is 0 Å². The molecular weight excluding hydrogens is 412 g/mol. The van der Waals surface area contributed by atoms with E-state index in [1.807, 2.05) is 6.07 Å². The van der Waals surface area contributed by atoms with Gasteiger partial charge in [0.05, 0.1) is 10.0 Å². The first-order valence-electron chi connectivity index (χ1n) is 3.95. The molecule has 1 N–H and O–H groups in total. The molecule has 0 amide bonds. The van der Waals surface area contributed by atoms with E-state index in [0.717, 1.165) is 18.7 Å². The Morgan fingerprint density at radius 2 is 2.07 bits per heavy atom. The minimum absolute atomic E-state index is 0.565. The SMILES string of the molecule is OC(c1cc(Br)c(Br)s1)c1ccoc1Br. The van der Waals surface area contributed by atoms with Crippen molar-refractivity contribution < 1.29 is 9.52 Å². The van der Waals surface area contributed by atoms with Crippen molar-refractivity contribution in [2.24, 2.45) is 0 Å². The molecule has 2 heterocycles. The monoisotopic (exact) mass is 414 g/mol. The normalized spacial score (nSPS) is 13.1. The Bertz CT molecular complexity index is 458. The quantitative estimate of drug-likeness (QED) is 0.769. The van der Waals surface area contributed by atoms with Crippen LogP contribution in [-0.4, -0.2) is 5.11 Å². The van der Waals surface area contributed by atoms with Crippen molar-refractivity contribution in [3.8, 4) is 0 Å². The maximum absolute atomic E-state index is 10.1. The summed E-state index contributed by atoms with van der Waals surface area (Å²) in [6.07, 6.45) is 0.881. The average molecular weight is 417 g/mol. The molecule has 0 saturated carbocycles. The lowest BCUT2D eigenvalue weighted by Crippen LogP contribution is -1.95. The number of furan rings is 1. The van der Waals surface area contributed by atoms with E-state index < -0.39 is 6.10 Å². The molecule has 0 fully saturated rings. The highest BCUT2D eigenvalue weighted by Gasteiger charge is 2.19. The molecule has 2 aromatic heterocycles. The molecule has 0 bridgehead atoms. The van der Waals surface area contributed by atoms with E-state index in [1.54, 1.807) is 12.3 Å². The lowest BCUT2D eigenvalue weighted by Gasteiger charge is -2.05. The van der Waals surface area contributed by atoms with Gasteiger partial charge in [-0.15, -0.1) is 11.3 Å². The summed E-state index contributed by atoms with van der Waals surface area (Å²) in [6, 6.07) is 3.63. The van der Waals surface area contributed by atoms with E-state index in [4.69, 9.17) is 4.42 Å². The van der Waals surface area contributed by atoms with Gasteiger partial charge in [-0.05, 0) is 59.9 Å². The van der Waals surface area contributed by atoms with E-state index in [1.165, 1.54) is 11.3 Å². The smallest absolute Gasteiger partial charge is 0.175 e. The molecule has 0 spiro atoms. The van der Waals surface area contributed by atoms with Crippen molar-refractivity contribution in [1.29, 1.82) is 0 Å². The van der Waals surface area contributed by atoms with Crippen LogP contribution in [0.4, 0.5) is 0 Å². The van der Waals surface area contributed by atoms with Crippen LogP contribution in [-0.2, 0) is 0 Å². The summed E-state index contributed by atoms with van der Waals surface area (Å²) >= 11 is 11.5. The fraction of sp³-hybridized carbons (Fsp3) is 0.111. The van der Waals surface area contributed by atoms with Crippen LogP contribution in [0.25, 0.3) is 0 Å². The average Bonchev–Trinajstić information content (AvgIpc) is 2.74. The highest BCUT2D eigenvalue weighted by Crippen LogP contribution is 2.39. The second-order valence-electron chi connectivity index (χ2n) is 2.82. The third-order valence-electron chi connectivity index (χ3n) is 1.87. The fourth-order valence-electron chi connectivity index (χ4n) is 1.15. The highest BCUT2D eigenvalue weighted by atomic mass is 79.9. The molecule has 0 aliphatic heterocycles. The van der Waals surface area contributed by atoms with Gasteiger partial charge in [0, 0.05) is 14.9 Å². The van der Waals surface area contributed by atoms with Gasteiger partial charge >= 0.3 is 0 Å². The lowest BCUT2D eigenvalue weighted by atomic mass is 10.2. The fourth-order valence-corrected chi connectivity index (χ4v) is 3.70. The first-order chi connectivity index (χ1) is 7.09. The molecule has 0 saturated heterocycles. The Morgan fingerprint density at radius 1 is 1.33 bits per heavy atom. The number of halogens is 3. The van der Waals surface area contributed by atoms with Crippen molar-refractivity contribution in [2.75, 3.05) is 0 Å². The number of hydrogen-bond acceptors (Lipinski definition) is 3. The molecule has 6 heteroatoms. The number of hydrogen-bond donors (Lipinski definition) is 1. The zero-order valence-corrected chi connectivity index (χ0v) is 12.8. The second kappa shape index (κ2) is 4.71. The van der Waals surface area contributed by atoms with E-state index in [2.05, 4.69) is 47.8 Å². The summed E-state index contributed by atoms with van der Waals surface area (Å²) < 4.78 is 7.56. The molecule has 2 rings (SSSR count). The van der Waals surface area contributed by atoms with Crippen molar-refractivity contribution in [3.63, 3.8) is 0 Å². The maximum Gasteiger partial charge on any atom is 0.175 e. The zero-order valence-electron chi connectivity index (χ0n) is 7.21. The molecule has 80 valence electrons. The Hall–Kier alpha value is 0.380. The van der Waals surface area contributed by atoms with E-state index in [0.29, 0.717) is 4.67 Å². The summed E-state index contributed by atoms with van der Waals surface area (Å²) in [5.41, 5.74) is 0.733. The van der Waals surface area contributed by atoms with Gasteiger partial charge in [0.1, 0.15) is 6.10 Å². The molecule has 15 heavy (non-hydrogen) atoms. The van der Waals surface area contributed by atoms with Gasteiger partial charge in [-0.2, -0.15) is 0 Å². The van der Waals surface area contributed by atoms with Gasteiger partial charge in [-0.1, -0.05) is 0 Å². The van der Waals surface area contributed by atoms with E-state index in [-0.39, 0.29) is 0 Å². The zero-order chi connectivity index (χ0) is 11.0. The Labute approximate surface area is 116 Å². The summed E-state index contributed by atoms with van der Waals surface area (Å²) in [4.78, 5) is 0.857. The summed E-state index contributed by atoms with van der Waals surface area (Å²) in [6.45, 7) is 0. The predicted octanol–water partition coefficient (Wildman–Crippen LogP) is 4.71. The van der Waals surface area contributed by atoms with Crippen LogP contribution in [0.2, 0.25) is 0 Å². The number of aliphatic hydroxyl groups excluding tert-OH is 1. The summed E-state index contributed by atoms with van der Waals surface area (Å²) in [5.74, 6) is 0. The van der Waals surface area contributed by atoms with Gasteiger partial charge in [0.15, 0.2) is 4.67 Å². The summed E-state index contributed by atoms with van der Waals surface area (Å²) in [7, 11) is 0. The molecule has 2 aromatic rings. The minimum atomic E-state index is -0.661. The Kier molecular flexibility index (Phi) is 3.72. The standard InChI is InChI=1S/C9H5Br3O2S/c10-5-3-6(15-9(5)12)7(13)4-1-2-14-8(4)11/h1-3,7,13H. The van der Waals surface area contributed by atoms with Crippen molar-refractivity contribution in [2.45, 2.75) is 6.10 Å². The van der Waals surface area contributed by atoms with Gasteiger partial charge in [0.2, 0.25) is 0 Å². The van der Waals surface area contributed by atoms with Crippen LogP contribution >= 0.6 is 59.1 Å². The molecule has 1 atom stereocenters. The third-order valence-corrected chi connectivity index (χ3v) is 5.83. The molecule has 0 aromatic carbocycles. The largest absolute Gasteiger partial charge is 0.457 e. The van der Waals surface area contributed by atoms with E-state index in [9.17, 15) is 5.11 Å². The number of aliphatic hydroxyl groups is 1. The molecule has 2 nitrogen and oxygen atoms in total. The molecule has 0 aliphatic rings. The highest BCUT2D eigenvalue weighted by molar-refractivity contribution is 9.13. The Morgan fingerprint density at radius 3 is 2.53 bits per heavy atom. The van der Waals surface area contributed by atoms with Crippen LogP contribution in [0.15, 0.2) is 35.7 Å². The predicted molar refractivity (Wildman–Crippen MR) is 70.2 cm³/mol. The Balaban J connectivity index is 2.36. The topological polar surface area (TPSA) is 33.4 Å². The maximum atomic E-state index is 10.1. The third kappa shape index (κ3) is 2.39. The number of thiophene rings is 1. The lowest BCUT2D eigenvalue weighted by molar-refractivity contribution is 0.221. The molecule has 1 unspecified atom stereocenters. The van der Waals surface area contributed by atoms with Crippen LogP contribution < -0.4 is 0 Å². The molecule has 0 aliphatic carbocycles. The van der Waals surface area contributed by atoms with E-state index >= 15 is 0 Å². The van der Waals surface area contributed by atoms with Crippen molar-refractivity contribution >= 4 is 59.1 Å². The minimum Gasteiger partial charge on any atom is -0.457 e. The molecular formula is C9H5Br3O2S.